The van der Waals surface area contributed by atoms with Crippen molar-refractivity contribution in [3.05, 3.63) is 11.8 Å². The fourth-order valence-corrected chi connectivity index (χ4v) is 0.719. The van der Waals surface area contributed by atoms with Crippen molar-refractivity contribution in [2.75, 3.05) is 11.9 Å². The molecule has 0 amide bonds. The van der Waals surface area contributed by atoms with Crippen LogP contribution in [0.3, 0.4) is 0 Å². The molecule has 0 aliphatic heterocycles. The average molecular weight is 164 g/mol. The standard InChI is InChI=1S/C7H8N4O/c1-5(12)3-9-7-6(2-8)4-10-11-7/h4H,3H2,1H3,(H2,9,10,11). The SMILES string of the molecule is CC(=O)CNc1[nH]ncc1C#N. The Balaban J connectivity index is 2.64. The average Bonchev–Trinajstić information content (AvgIpc) is 2.47. The lowest BCUT2D eigenvalue weighted by Crippen LogP contribution is -2.10. The summed E-state index contributed by atoms with van der Waals surface area (Å²) < 4.78 is 0. The van der Waals surface area contributed by atoms with E-state index in [-0.39, 0.29) is 12.3 Å². The second-order valence-electron chi connectivity index (χ2n) is 2.33. The summed E-state index contributed by atoms with van der Waals surface area (Å²) in [6, 6.07) is 1.93. The number of nitrogens with one attached hydrogen (secondary N) is 2. The molecule has 1 aromatic rings. The van der Waals surface area contributed by atoms with Crippen molar-refractivity contribution in [3.63, 3.8) is 0 Å². The highest BCUT2D eigenvalue weighted by Gasteiger charge is 2.02. The molecular formula is C7H8N4O. The van der Waals surface area contributed by atoms with Gasteiger partial charge in [-0.05, 0) is 6.92 Å². The lowest BCUT2D eigenvalue weighted by atomic mass is 10.3. The number of Topliss-reactive ketones (excluding diaryl/α,β-unsaturated/α-hetero) is 1. The van der Waals surface area contributed by atoms with Crippen molar-refractivity contribution >= 4 is 11.6 Å². The Labute approximate surface area is 69.4 Å². The molecule has 0 saturated carbocycles. The van der Waals surface area contributed by atoms with Gasteiger partial charge in [0.1, 0.15) is 23.2 Å². The second-order valence-corrected chi connectivity index (χ2v) is 2.33. The van der Waals surface area contributed by atoms with Crippen LogP contribution < -0.4 is 5.32 Å². The first-order valence-corrected chi connectivity index (χ1v) is 3.41. The van der Waals surface area contributed by atoms with Crippen LogP contribution in [0.1, 0.15) is 12.5 Å². The zero-order valence-electron chi connectivity index (χ0n) is 6.59. The van der Waals surface area contributed by atoms with E-state index in [0.29, 0.717) is 11.4 Å². The Kier molecular flexibility index (Phi) is 2.43. The van der Waals surface area contributed by atoms with Gasteiger partial charge in [0.2, 0.25) is 0 Å². The molecule has 1 aromatic heterocycles. The van der Waals surface area contributed by atoms with E-state index in [1.807, 2.05) is 6.07 Å². The van der Waals surface area contributed by atoms with E-state index >= 15 is 0 Å². The summed E-state index contributed by atoms with van der Waals surface area (Å²) in [5, 5.41) is 17.5. The molecule has 0 bridgehead atoms. The molecule has 5 nitrogen and oxygen atoms in total. The number of carbonyl (C=O) groups is 1. The quantitative estimate of drug-likeness (QED) is 0.672. The second kappa shape index (κ2) is 3.53. The van der Waals surface area contributed by atoms with E-state index < -0.39 is 0 Å². The highest BCUT2D eigenvalue weighted by atomic mass is 16.1. The van der Waals surface area contributed by atoms with Gasteiger partial charge in [-0.25, -0.2) is 0 Å². The number of aromatic amines is 1. The van der Waals surface area contributed by atoms with Crippen LogP contribution in [0.2, 0.25) is 0 Å². The zero-order chi connectivity index (χ0) is 8.97. The van der Waals surface area contributed by atoms with Crippen molar-refractivity contribution in [1.29, 1.82) is 5.26 Å². The van der Waals surface area contributed by atoms with Gasteiger partial charge in [-0.2, -0.15) is 10.4 Å². The highest BCUT2D eigenvalue weighted by Crippen LogP contribution is 2.07. The monoisotopic (exact) mass is 164 g/mol. The van der Waals surface area contributed by atoms with Crippen molar-refractivity contribution in [2.45, 2.75) is 6.92 Å². The minimum absolute atomic E-state index is 0.00786. The molecule has 12 heavy (non-hydrogen) atoms. The molecule has 0 fully saturated rings. The van der Waals surface area contributed by atoms with Crippen molar-refractivity contribution in [2.24, 2.45) is 0 Å². The van der Waals surface area contributed by atoms with Gasteiger partial charge in [-0.1, -0.05) is 0 Å². The summed E-state index contributed by atoms with van der Waals surface area (Å²) in [5.41, 5.74) is 0.413. The largest absolute Gasteiger partial charge is 0.362 e. The van der Waals surface area contributed by atoms with Gasteiger partial charge in [0, 0.05) is 0 Å². The molecule has 1 heterocycles. The summed E-state index contributed by atoms with van der Waals surface area (Å²) in [4.78, 5) is 10.6. The number of ketones is 1. The Bertz CT molecular complexity index is 322. The first-order chi connectivity index (χ1) is 5.74. The van der Waals surface area contributed by atoms with E-state index in [1.165, 1.54) is 13.1 Å². The summed E-state index contributed by atoms with van der Waals surface area (Å²) in [6.07, 6.45) is 1.41. The number of hydrogen-bond donors (Lipinski definition) is 2. The van der Waals surface area contributed by atoms with Crippen molar-refractivity contribution in [1.82, 2.24) is 10.2 Å². The maximum Gasteiger partial charge on any atom is 0.148 e. The van der Waals surface area contributed by atoms with E-state index in [1.54, 1.807) is 0 Å². The third-order valence-corrected chi connectivity index (χ3v) is 1.27. The van der Waals surface area contributed by atoms with E-state index in [4.69, 9.17) is 5.26 Å². The fraction of sp³-hybridized carbons (Fsp3) is 0.286. The Morgan fingerprint density at radius 1 is 1.92 bits per heavy atom. The Hall–Kier alpha value is -1.83. The van der Waals surface area contributed by atoms with Crippen LogP contribution in [-0.4, -0.2) is 22.5 Å². The molecule has 0 atom stereocenters. The molecule has 1 rings (SSSR count). The van der Waals surface area contributed by atoms with E-state index in [2.05, 4.69) is 15.5 Å². The van der Waals surface area contributed by atoms with Gasteiger partial charge in [0.15, 0.2) is 0 Å². The molecule has 0 aromatic carbocycles. The molecule has 0 spiro atoms. The predicted octanol–water partition coefficient (Wildman–Crippen LogP) is 0.282. The minimum Gasteiger partial charge on any atom is -0.362 e. The Morgan fingerprint density at radius 3 is 3.25 bits per heavy atom. The lowest BCUT2D eigenvalue weighted by molar-refractivity contribution is -0.115. The molecule has 0 unspecified atom stereocenters. The molecule has 0 aliphatic carbocycles. The third kappa shape index (κ3) is 1.83. The topological polar surface area (TPSA) is 81.6 Å². The number of anilines is 1. The summed E-state index contributed by atoms with van der Waals surface area (Å²) in [6.45, 7) is 1.67. The fourth-order valence-electron chi connectivity index (χ4n) is 0.719. The molecule has 62 valence electrons. The number of nitriles is 1. The van der Waals surface area contributed by atoms with Gasteiger partial charge in [0.05, 0.1) is 12.7 Å². The lowest BCUT2D eigenvalue weighted by Gasteiger charge is -1.98. The molecule has 0 radical (unpaired) electrons. The van der Waals surface area contributed by atoms with Gasteiger partial charge < -0.3 is 5.32 Å². The number of carbonyl (C=O) groups excluding carboxylic acids is 1. The summed E-state index contributed by atoms with van der Waals surface area (Å²) in [5.74, 6) is 0.501. The van der Waals surface area contributed by atoms with Crippen LogP contribution in [-0.2, 0) is 4.79 Å². The molecule has 0 aliphatic rings. The smallest absolute Gasteiger partial charge is 0.148 e. The zero-order valence-corrected chi connectivity index (χ0v) is 6.59. The maximum absolute atomic E-state index is 10.6. The first-order valence-electron chi connectivity index (χ1n) is 3.41. The number of rotatable bonds is 3. The predicted molar refractivity (Wildman–Crippen MR) is 42.5 cm³/mol. The third-order valence-electron chi connectivity index (χ3n) is 1.27. The van der Waals surface area contributed by atoms with Crippen LogP contribution in [0.5, 0.6) is 0 Å². The maximum atomic E-state index is 10.6. The summed E-state index contributed by atoms with van der Waals surface area (Å²) in [7, 11) is 0. The van der Waals surface area contributed by atoms with Gasteiger partial charge in [0.25, 0.3) is 0 Å². The molecule has 0 saturated heterocycles. The molecule has 5 heteroatoms. The number of hydrogen-bond acceptors (Lipinski definition) is 4. The van der Waals surface area contributed by atoms with Crippen LogP contribution in [0, 0.1) is 11.3 Å². The van der Waals surface area contributed by atoms with Gasteiger partial charge in [-0.15, -0.1) is 0 Å². The minimum atomic E-state index is 0.00786. The Morgan fingerprint density at radius 2 is 2.67 bits per heavy atom. The van der Waals surface area contributed by atoms with Gasteiger partial charge in [-0.3, -0.25) is 9.89 Å². The van der Waals surface area contributed by atoms with Crippen LogP contribution in [0.25, 0.3) is 0 Å². The van der Waals surface area contributed by atoms with Crippen LogP contribution >= 0.6 is 0 Å². The number of aromatic nitrogens is 2. The first kappa shape index (κ1) is 8.27. The van der Waals surface area contributed by atoms with E-state index in [0.717, 1.165) is 0 Å². The molecular weight excluding hydrogens is 156 g/mol. The van der Waals surface area contributed by atoms with Crippen molar-refractivity contribution in [3.8, 4) is 6.07 Å². The summed E-state index contributed by atoms with van der Waals surface area (Å²) >= 11 is 0. The van der Waals surface area contributed by atoms with E-state index in [9.17, 15) is 4.79 Å². The normalized spacial score (nSPS) is 9.00. The van der Waals surface area contributed by atoms with Gasteiger partial charge >= 0.3 is 0 Å². The molecule has 2 N–H and O–H groups in total. The van der Waals surface area contributed by atoms with Crippen LogP contribution in [0.15, 0.2) is 6.20 Å². The number of H-pyrrole nitrogens is 1. The van der Waals surface area contributed by atoms with Crippen molar-refractivity contribution < 1.29 is 4.79 Å². The van der Waals surface area contributed by atoms with Crippen LogP contribution in [0.4, 0.5) is 5.82 Å². The highest BCUT2D eigenvalue weighted by molar-refractivity contribution is 5.80. The number of nitrogens with zero attached hydrogens (tertiary/aromatic N) is 2.